The Morgan fingerprint density at radius 1 is 1.37 bits per heavy atom. The molecule has 4 nitrogen and oxygen atoms in total. The van der Waals surface area contributed by atoms with Gasteiger partial charge in [-0.3, -0.25) is 9.69 Å². The van der Waals surface area contributed by atoms with Crippen LogP contribution in [-0.2, 0) is 9.53 Å². The third-order valence-electron chi connectivity index (χ3n) is 4.20. The average molecular weight is 286 g/mol. The zero-order chi connectivity index (χ0) is 13.7. The number of ether oxygens (including phenoxy) is 1. The van der Waals surface area contributed by atoms with E-state index in [9.17, 15) is 4.79 Å². The molecule has 0 aromatic carbocycles. The number of carbonyl (C=O) groups excluding carboxylic acids is 1. The van der Waals surface area contributed by atoms with Crippen molar-refractivity contribution in [3.63, 3.8) is 0 Å². The molecule has 2 heterocycles. The Morgan fingerprint density at radius 3 is 2.68 bits per heavy atom. The molecule has 0 aromatic heterocycles. The molecule has 0 saturated carbocycles. The minimum atomic E-state index is -0.0247. The van der Waals surface area contributed by atoms with Crippen LogP contribution in [0.15, 0.2) is 0 Å². The van der Waals surface area contributed by atoms with Crippen molar-refractivity contribution in [2.75, 3.05) is 51.3 Å². The molecule has 2 fully saturated rings. The van der Waals surface area contributed by atoms with Crippen LogP contribution in [0, 0.1) is 5.92 Å². The summed E-state index contributed by atoms with van der Waals surface area (Å²) >= 11 is 2.03. The zero-order valence-corrected chi connectivity index (χ0v) is 13.0. The van der Waals surface area contributed by atoms with E-state index in [-0.39, 0.29) is 5.97 Å². The SMILES string of the molecule is CCOC(=O)CC(C1CCSC1)N1CCN(C)CC1. The third-order valence-corrected chi connectivity index (χ3v) is 5.39. The molecule has 5 heteroatoms. The summed E-state index contributed by atoms with van der Waals surface area (Å²) < 4.78 is 5.16. The highest BCUT2D eigenvalue weighted by Crippen LogP contribution is 2.31. The van der Waals surface area contributed by atoms with Gasteiger partial charge in [-0.25, -0.2) is 0 Å². The van der Waals surface area contributed by atoms with Crippen molar-refractivity contribution in [2.24, 2.45) is 5.92 Å². The Kier molecular flexibility index (Phi) is 5.98. The standard InChI is InChI=1S/C14H26N2O2S/c1-3-18-14(17)10-13(12-4-9-19-11-12)16-7-5-15(2)6-8-16/h12-13H,3-11H2,1-2H3. The van der Waals surface area contributed by atoms with E-state index in [1.54, 1.807) is 0 Å². The molecule has 0 N–H and O–H groups in total. The second-order valence-electron chi connectivity index (χ2n) is 5.54. The summed E-state index contributed by atoms with van der Waals surface area (Å²) in [4.78, 5) is 16.7. The molecule has 2 unspecified atom stereocenters. The molecule has 19 heavy (non-hydrogen) atoms. The van der Waals surface area contributed by atoms with Gasteiger partial charge >= 0.3 is 5.97 Å². The van der Waals surface area contributed by atoms with Crippen molar-refractivity contribution in [3.8, 4) is 0 Å². The smallest absolute Gasteiger partial charge is 0.307 e. The lowest BCUT2D eigenvalue weighted by Crippen LogP contribution is -2.52. The molecule has 0 bridgehead atoms. The minimum absolute atomic E-state index is 0.0247. The number of rotatable bonds is 5. The molecular weight excluding hydrogens is 260 g/mol. The van der Waals surface area contributed by atoms with Gasteiger partial charge in [-0.1, -0.05) is 0 Å². The van der Waals surface area contributed by atoms with Crippen molar-refractivity contribution >= 4 is 17.7 Å². The fraction of sp³-hybridized carbons (Fsp3) is 0.929. The molecule has 2 aliphatic rings. The lowest BCUT2D eigenvalue weighted by atomic mass is 9.94. The van der Waals surface area contributed by atoms with Crippen LogP contribution in [0.3, 0.4) is 0 Å². The van der Waals surface area contributed by atoms with E-state index in [2.05, 4.69) is 16.8 Å². The number of piperazine rings is 1. The van der Waals surface area contributed by atoms with Gasteiger partial charge in [0.25, 0.3) is 0 Å². The summed E-state index contributed by atoms with van der Waals surface area (Å²) in [7, 11) is 2.17. The van der Waals surface area contributed by atoms with Crippen molar-refractivity contribution in [3.05, 3.63) is 0 Å². The molecule has 2 aliphatic heterocycles. The first kappa shape index (κ1) is 15.1. The van der Waals surface area contributed by atoms with Gasteiger partial charge in [0.1, 0.15) is 0 Å². The summed E-state index contributed by atoms with van der Waals surface area (Å²) in [5.41, 5.74) is 0. The second-order valence-corrected chi connectivity index (χ2v) is 6.69. The number of likely N-dealkylation sites (N-methyl/N-ethyl adjacent to an activating group) is 1. The highest BCUT2D eigenvalue weighted by atomic mass is 32.2. The summed E-state index contributed by atoms with van der Waals surface area (Å²) in [6.45, 7) is 6.77. The number of hydrogen-bond donors (Lipinski definition) is 0. The van der Waals surface area contributed by atoms with Crippen LogP contribution in [0.4, 0.5) is 0 Å². The van der Waals surface area contributed by atoms with Gasteiger partial charge in [0.05, 0.1) is 13.0 Å². The number of nitrogens with zero attached hydrogens (tertiary/aromatic N) is 2. The third kappa shape index (κ3) is 4.36. The molecule has 110 valence electrons. The summed E-state index contributed by atoms with van der Waals surface area (Å²) in [5, 5.41) is 0. The Labute approximate surface area is 120 Å². The molecule has 0 aliphatic carbocycles. The van der Waals surface area contributed by atoms with E-state index in [4.69, 9.17) is 4.74 Å². The minimum Gasteiger partial charge on any atom is -0.466 e. The van der Waals surface area contributed by atoms with Crippen molar-refractivity contribution in [1.82, 2.24) is 9.80 Å². The van der Waals surface area contributed by atoms with Gasteiger partial charge in [0.2, 0.25) is 0 Å². The topological polar surface area (TPSA) is 32.8 Å². The van der Waals surface area contributed by atoms with Crippen LogP contribution in [-0.4, -0.2) is 73.2 Å². The molecule has 2 rings (SSSR count). The molecule has 0 amide bonds. The lowest BCUT2D eigenvalue weighted by Gasteiger charge is -2.40. The Morgan fingerprint density at radius 2 is 2.11 bits per heavy atom. The maximum Gasteiger partial charge on any atom is 0.307 e. The Hall–Kier alpha value is -0.260. The molecular formula is C14H26N2O2S. The second kappa shape index (κ2) is 7.50. The van der Waals surface area contributed by atoms with E-state index < -0.39 is 0 Å². The van der Waals surface area contributed by atoms with Crippen LogP contribution in [0.5, 0.6) is 0 Å². The maximum absolute atomic E-state index is 11.9. The van der Waals surface area contributed by atoms with Gasteiger partial charge in [-0.2, -0.15) is 11.8 Å². The highest BCUT2D eigenvalue weighted by Gasteiger charge is 2.33. The molecule has 2 saturated heterocycles. The van der Waals surface area contributed by atoms with Crippen LogP contribution in [0.2, 0.25) is 0 Å². The maximum atomic E-state index is 11.9. The van der Waals surface area contributed by atoms with Crippen LogP contribution in [0.1, 0.15) is 19.8 Å². The Bertz CT molecular complexity index is 287. The van der Waals surface area contributed by atoms with Gasteiger partial charge in [0.15, 0.2) is 0 Å². The zero-order valence-electron chi connectivity index (χ0n) is 12.1. The van der Waals surface area contributed by atoms with Crippen LogP contribution < -0.4 is 0 Å². The lowest BCUT2D eigenvalue weighted by molar-refractivity contribution is -0.145. The average Bonchev–Trinajstić information content (AvgIpc) is 2.91. The number of esters is 1. The van der Waals surface area contributed by atoms with E-state index in [1.807, 2.05) is 18.7 Å². The van der Waals surface area contributed by atoms with E-state index in [1.165, 1.54) is 17.9 Å². The highest BCUT2D eigenvalue weighted by molar-refractivity contribution is 7.99. The number of hydrogen-bond acceptors (Lipinski definition) is 5. The molecule has 0 spiro atoms. The fourth-order valence-electron chi connectivity index (χ4n) is 2.99. The van der Waals surface area contributed by atoms with Crippen molar-refractivity contribution < 1.29 is 9.53 Å². The monoisotopic (exact) mass is 286 g/mol. The Balaban J connectivity index is 1.94. The largest absolute Gasteiger partial charge is 0.466 e. The van der Waals surface area contributed by atoms with E-state index in [0.717, 1.165) is 26.2 Å². The predicted octanol–water partition coefficient (Wildman–Crippen LogP) is 1.31. The number of thioether (sulfide) groups is 1. The van der Waals surface area contributed by atoms with Crippen molar-refractivity contribution in [2.45, 2.75) is 25.8 Å². The van der Waals surface area contributed by atoms with Crippen LogP contribution >= 0.6 is 11.8 Å². The van der Waals surface area contributed by atoms with Gasteiger partial charge in [-0.05, 0) is 37.8 Å². The van der Waals surface area contributed by atoms with Gasteiger partial charge < -0.3 is 9.64 Å². The van der Waals surface area contributed by atoms with Crippen LogP contribution in [0.25, 0.3) is 0 Å². The molecule has 0 aromatic rings. The predicted molar refractivity (Wildman–Crippen MR) is 79.5 cm³/mol. The van der Waals surface area contributed by atoms with E-state index in [0.29, 0.717) is 25.0 Å². The first-order valence-electron chi connectivity index (χ1n) is 7.36. The number of carbonyl (C=O) groups is 1. The first-order valence-corrected chi connectivity index (χ1v) is 8.52. The van der Waals surface area contributed by atoms with Gasteiger partial charge in [-0.15, -0.1) is 0 Å². The van der Waals surface area contributed by atoms with Crippen molar-refractivity contribution in [1.29, 1.82) is 0 Å². The normalized spacial score (nSPS) is 27.4. The molecule has 2 atom stereocenters. The fourth-order valence-corrected chi connectivity index (χ4v) is 4.32. The summed E-state index contributed by atoms with van der Waals surface area (Å²) in [5.74, 6) is 3.09. The molecule has 0 radical (unpaired) electrons. The first-order chi connectivity index (χ1) is 9.20. The van der Waals surface area contributed by atoms with E-state index >= 15 is 0 Å². The summed E-state index contributed by atoms with van der Waals surface area (Å²) in [6.07, 6.45) is 1.82. The quantitative estimate of drug-likeness (QED) is 0.712. The summed E-state index contributed by atoms with van der Waals surface area (Å²) in [6, 6.07) is 0.391. The van der Waals surface area contributed by atoms with Gasteiger partial charge in [0, 0.05) is 32.2 Å².